The van der Waals surface area contributed by atoms with Crippen molar-refractivity contribution in [3.05, 3.63) is 0 Å². The van der Waals surface area contributed by atoms with Gasteiger partial charge in [0.1, 0.15) is 0 Å². The molecule has 0 fully saturated rings. The molecule has 0 rings (SSSR count). The first kappa shape index (κ1) is 15.6. The van der Waals surface area contributed by atoms with Crippen LogP contribution in [-0.2, 0) is 4.43 Å². The van der Waals surface area contributed by atoms with E-state index in [0.717, 1.165) is 6.61 Å². The highest BCUT2D eigenvalue weighted by Gasteiger charge is 2.20. The molecule has 0 bridgehead atoms. The van der Waals surface area contributed by atoms with E-state index < -0.39 is 8.32 Å². The molecule has 0 aliphatic carbocycles. The van der Waals surface area contributed by atoms with Gasteiger partial charge in [-0.25, -0.2) is 0 Å². The van der Waals surface area contributed by atoms with E-state index in [1.165, 1.54) is 31.7 Å². The third-order valence-electron chi connectivity index (χ3n) is 2.12. The first-order valence-corrected chi connectivity index (χ1v) is 8.38. The molecule has 82 valence electrons. The summed E-state index contributed by atoms with van der Waals surface area (Å²) in [6.45, 7) is 10.1. The van der Waals surface area contributed by atoms with Gasteiger partial charge in [0.2, 0.25) is 0 Å². The summed E-state index contributed by atoms with van der Waals surface area (Å²) in [6, 6.07) is 1.33. The Morgan fingerprint density at radius 3 is 2.00 bits per heavy atom. The number of halogens is 1. The molecule has 3 heteroatoms. The largest absolute Gasteiger partial charge is 0.417 e. The van der Waals surface area contributed by atoms with Gasteiger partial charge >= 0.3 is 0 Å². The molecule has 0 aliphatic rings. The topological polar surface area (TPSA) is 9.23 Å². The molecule has 0 unspecified atom stereocenters. The highest BCUT2D eigenvalue weighted by atomic mass is 28.4. The van der Waals surface area contributed by atoms with Gasteiger partial charge in [0.25, 0.3) is 0 Å². The van der Waals surface area contributed by atoms with E-state index in [-0.39, 0.29) is 4.70 Å². The molecule has 0 aromatic heterocycles. The zero-order chi connectivity index (χ0) is 9.45. The van der Waals surface area contributed by atoms with Gasteiger partial charge in [0.15, 0.2) is 8.32 Å². The van der Waals surface area contributed by atoms with Gasteiger partial charge in [-0.3, -0.25) is 4.70 Å². The van der Waals surface area contributed by atoms with Crippen molar-refractivity contribution < 1.29 is 9.13 Å². The predicted octanol–water partition coefficient (Wildman–Crippen LogP) is 3.96. The molecule has 0 aliphatic heterocycles. The van der Waals surface area contributed by atoms with E-state index in [9.17, 15) is 0 Å². The summed E-state index contributed by atoms with van der Waals surface area (Å²) in [5.74, 6) is 0. The molecule has 13 heavy (non-hydrogen) atoms. The average molecular weight is 208 g/mol. The molecule has 1 nitrogen and oxygen atoms in total. The van der Waals surface area contributed by atoms with Gasteiger partial charge in [-0.15, -0.1) is 0 Å². The van der Waals surface area contributed by atoms with Crippen molar-refractivity contribution in [2.45, 2.75) is 58.7 Å². The summed E-state index contributed by atoms with van der Waals surface area (Å²) in [6.07, 6.45) is 5.11. The van der Waals surface area contributed by atoms with Gasteiger partial charge in [-0.1, -0.05) is 33.1 Å². The standard InChI is InChI=1S/C10H24OSi.FH/c1-5-7-9-11-12(3,4)10-8-6-2;/h5-10H2,1-4H3;1H. The summed E-state index contributed by atoms with van der Waals surface area (Å²) >= 11 is 0. The van der Waals surface area contributed by atoms with Crippen LogP contribution in [0.4, 0.5) is 4.70 Å². The second kappa shape index (κ2) is 8.69. The van der Waals surface area contributed by atoms with Crippen LogP contribution in [0.15, 0.2) is 0 Å². The summed E-state index contributed by atoms with van der Waals surface area (Å²) in [5.41, 5.74) is 0. The van der Waals surface area contributed by atoms with Crippen LogP contribution in [0.5, 0.6) is 0 Å². The van der Waals surface area contributed by atoms with Gasteiger partial charge in [-0.05, 0) is 25.6 Å². The van der Waals surface area contributed by atoms with Crippen molar-refractivity contribution in [1.82, 2.24) is 0 Å². The fourth-order valence-electron chi connectivity index (χ4n) is 1.17. The number of rotatable bonds is 7. The quantitative estimate of drug-likeness (QED) is 0.454. The van der Waals surface area contributed by atoms with E-state index in [1.807, 2.05) is 0 Å². The summed E-state index contributed by atoms with van der Waals surface area (Å²) in [4.78, 5) is 0. The minimum Gasteiger partial charge on any atom is -0.417 e. The first-order valence-electron chi connectivity index (χ1n) is 5.26. The fraction of sp³-hybridized carbons (Fsp3) is 1.00. The van der Waals surface area contributed by atoms with E-state index in [4.69, 9.17) is 4.43 Å². The molecule has 0 saturated heterocycles. The minimum absolute atomic E-state index is 0. The monoisotopic (exact) mass is 208 g/mol. The van der Waals surface area contributed by atoms with Crippen LogP contribution in [0, 0.1) is 0 Å². The highest BCUT2D eigenvalue weighted by molar-refractivity contribution is 6.71. The smallest absolute Gasteiger partial charge is 0.186 e. The molecule has 0 heterocycles. The van der Waals surface area contributed by atoms with E-state index in [0.29, 0.717) is 0 Å². The molecule has 0 aromatic rings. The Morgan fingerprint density at radius 2 is 1.54 bits per heavy atom. The van der Waals surface area contributed by atoms with Gasteiger partial charge in [-0.2, -0.15) is 0 Å². The van der Waals surface area contributed by atoms with Crippen LogP contribution in [0.1, 0.15) is 39.5 Å². The molecule has 0 radical (unpaired) electrons. The lowest BCUT2D eigenvalue weighted by atomic mass is 10.4. The van der Waals surface area contributed by atoms with Gasteiger partial charge < -0.3 is 4.43 Å². The zero-order valence-corrected chi connectivity index (χ0v) is 10.6. The molecule has 0 amide bonds. The summed E-state index contributed by atoms with van der Waals surface area (Å²) in [5, 5.41) is 0. The molecular weight excluding hydrogens is 183 g/mol. The Balaban J connectivity index is 0. The van der Waals surface area contributed by atoms with Crippen LogP contribution in [0.25, 0.3) is 0 Å². The molecule has 0 N–H and O–H groups in total. The van der Waals surface area contributed by atoms with Gasteiger partial charge in [0, 0.05) is 6.61 Å². The molecule has 0 saturated carbocycles. The molecule has 0 aromatic carbocycles. The zero-order valence-electron chi connectivity index (χ0n) is 9.56. The Labute approximate surface area is 83.4 Å². The Kier molecular flexibility index (Phi) is 10.4. The Bertz CT molecular complexity index is 107. The van der Waals surface area contributed by atoms with Gasteiger partial charge in [0.05, 0.1) is 0 Å². The van der Waals surface area contributed by atoms with Crippen molar-refractivity contribution in [2.75, 3.05) is 6.61 Å². The third kappa shape index (κ3) is 10.0. The van der Waals surface area contributed by atoms with E-state index in [1.54, 1.807) is 0 Å². The van der Waals surface area contributed by atoms with Crippen LogP contribution in [-0.4, -0.2) is 14.9 Å². The maximum atomic E-state index is 5.91. The number of hydrogen-bond donors (Lipinski definition) is 0. The number of hydrogen-bond acceptors (Lipinski definition) is 1. The molecule has 0 atom stereocenters. The third-order valence-corrected chi connectivity index (χ3v) is 4.67. The SMILES string of the molecule is CCCCO[Si](C)(C)CCCC.F. The minimum atomic E-state index is -1.26. The number of unbranched alkanes of at least 4 members (excludes halogenated alkanes) is 2. The van der Waals surface area contributed by atoms with E-state index >= 15 is 0 Å². The normalized spacial score (nSPS) is 11.1. The lowest BCUT2D eigenvalue weighted by Crippen LogP contribution is -2.30. The molecular formula is C10H25FOSi. The van der Waals surface area contributed by atoms with Crippen molar-refractivity contribution >= 4 is 8.32 Å². The summed E-state index contributed by atoms with van der Waals surface area (Å²) in [7, 11) is -1.26. The Morgan fingerprint density at radius 1 is 1.00 bits per heavy atom. The van der Waals surface area contributed by atoms with Crippen LogP contribution < -0.4 is 0 Å². The second-order valence-electron chi connectivity index (χ2n) is 4.07. The lowest BCUT2D eigenvalue weighted by Gasteiger charge is -2.22. The van der Waals surface area contributed by atoms with Crippen LogP contribution >= 0.6 is 0 Å². The van der Waals surface area contributed by atoms with Crippen LogP contribution in [0.2, 0.25) is 19.1 Å². The Hall–Kier alpha value is 0.107. The molecule has 0 spiro atoms. The second-order valence-corrected chi connectivity index (χ2v) is 8.37. The fourth-order valence-corrected chi connectivity index (χ4v) is 3.21. The van der Waals surface area contributed by atoms with Crippen molar-refractivity contribution in [3.63, 3.8) is 0 Å². The first-order chi connectivity index (χ1) is 5.62. The maximum Gasteiger partial charge on any atom is 0.186 e. The predicted molar refractivity (Wildman–Crippen MR) is 60.6 cm³/mol. The maximum absolute atomic E-state index is 5.91. The van der Waals surface area contributed by atoms with E-state index in [2.05, 4.69) is 26.9 Å². The van der Waals surface area contributed by atoms with Crippen LogP contribution in [0.3, 0.4) is 0 Å². The average Bonchev–Trinajstić information content (AvgIpc) is 2.01. The van der Waals surface area contributed by atoms with Crippen molar-refractivity contribution in [3.8, 4) is 0 Å². The lowest BCUT2D eigenvalue weighted by molar-refractivity contribution is 0.298. The summed E-state index contributed by atoms with van der Waals surface area (Å²) < 4.78 is 5.91. The van der Waals surface area contributed by atoms with Crippen molar-refractivity contribution in [2.24, 2.45) is 0 Å². The van der Waals surface area contributed by atoms with Crippen molar-refractivity contribution in [1.29, 1.82) is 0 Å². The highest BCUT2D eigenvalue weighted by Crippen LogP contribution is 2.15.